The Balaban J connectivity index is 2.41. The van der Waals surface area contributed by atoms with Gasteiger partial charge in [-0.05, 0) is 6.42 Å². The number of terminal acetylenes is 1. The standard InChI is InChI=1S/C12H15N5O/c1-3-5-7-17-8-14-9-10(17)15-12(13-6-4-2)16-11(9)18/h2,8H,3,5-7H2,1H3,(H2,13,15,16,18). The van der Waals surface area contributed by atoms with E-state index in [1.165, 1.54) is 0 Å². The molecule has 0 aromatic carbocycles. The summed E-state index contributed by atoms with van der Waals surface area (Å²) >= 11 is 0. The topological polar surface area (TPSA) is 75.6 Å². The Kier molecular flexibility index (Phi) is 3.63. The van der Waals surface area contributed by atoms with Crippen molar-refractivity contribution in [3.63, 3.8) is 0 Å². The zero-order valence-electron chi connectivity index (χ0n) is 10.2. The highest BCUT2D eigenvalue weighted by Crippen LogP contribution is 2.08. The van der Waals surface area contributed by atoms with E-state index >= 15 is 0 Å². The van der Waals surface area contributed by atoms with Crippen LogP contribution in [0, 0.1) is 12.3 Å². The van der Waals surface area contributed by atoms with E-state index < -0.39 is 0 Å². The van der Waals surface area contributed by atoms with Crippen LogP contribution >= 0.6 is 0 Å². The molecule has 0 saturated carbocycles. The number of H-pyrrole nitrogens is 1. The smallest absolute Gasteiger partial charge is 0.280 e. The molecular formula is C12H15N5O. The molecule has 18 heavy (non-hydrogen) atoms. The minimum absolute atomic E-state index is 0.255. The molecule has 0 atom stereocenters. The molecule has 2 aromatic heterocycles. The van der Waals surface area contributed by atoms with Gasteiger partial charge in [0, 0.05) is 6.54 Å². The van der Waals surface area contributed by atoms with Crippen LogP contribution in [0.5, 0.6) is 0 Å². The maximum absolute atomic E-state index is 11.8. The molecule has 0 aliphatic rings. The highest BCUT2D eigenvalue weighted by atomic mass is 16.1. The van der Waals surface area contributed by atoms with Gasteiger partial charge in [0.15, 0.2) is 11.2 Å². The average Bonchev–Trinajstić information content (AvgIpc) is 2.77. The van der Waals surface area contributed by atoms with Crippen molar-refractivity contribution in [1.82, 2.24) is 19.5 Å². The highest BCUT2D eigenvalue weighted by Gasteiger charge is 2.09. The first kappa shape index (κ1) is 12.2. The molecule has 0 unspecified atom stereocenters. The fourth-order valence-electron chi connectivity index (χ4n) is 1.66. The summed E-state index contributed by atoms with van der Waals surface area (Å²) in [7, 11) is 0. The summed E-state index contributed by atoms with van der Waals surface area (Å²) in [5, 5.41) is 2.86. The zero-order chi connectivity index (χ0) is 13.0. The van der Waals surface area contributed by atoms with Crippen LogP contribution in [0.3, 0.4) is 0 Å². The minimum atomic E-state index is -0.255. The van der Waals surface area contributed by atoms with Gasteiger partial charge in [0.25, 0.3) is 5.56 Å². The number of imidazole rings is 1. The van der Waals surface area contributed by atoms with E-state index in [1.807, 2.05) is 4.57 Å². The molecule has 2 N–H and O–H groups in total. The molecule has 0 fully saturated rings. The third-order valence-electron chi connectivity index (χ3n) is 2.59. The lowest BCUT2D eigenvalue weighted by molar-refractivity contribution is 0.641. The highest BCUT2D eigenvalue weighted by molar-refractivity contribution is 5.70. The summed E-state index contributed by atoms with van der Waals surface area (Å²) < 4.78 is 1.88. The summed E-state index contributed by atoms with van der Waals surface area (Å²) in [5.41, 5.74) is 0.693. The minimum Gasteiger partial charge on any atom is -0.345 e. The molecule has 0 bridgehead atoms. The Labute approximate surface area is 104 Å². The largest absolute Gasteiger partial charge is 0.345 e. The summed E-state index contributed by atoms with van der Waals surface area (Å²) in [6.45, 7) is 3.23. The van der Waals surface area contributed by atoms with Crippen LogP contribution in [0.1, 0.15) is 19.8 Å². The number of hydrogen-bond donors (Lipinski definition) is 2. The van der Waals surface area contributed by atoms with Gasteiger partial charge in [0.1, 0.15) is 0 Å². The van der Waals surface area contributed by atoms with Gasteiger partial charge in [-0.25, -0.2) is 4.98 Å². The van der Waals surface area contributed by atoms with Crippen LogP contribution in [0.4, 0.5) is 5.95 Å². The van der Waals surface area contributed by atoms with Gasteiger partial charge in [-0.3, -0.25) is 9.78 Å². The molecule has 6 nitrogen and oxygen atoms in total. The van der Waals surface area contributed by atoms with E-state index in [2.05, 4.69) is 33.1 Å². The predicted molar refractivity (Wildman–Crippen MR) is 70.4 cm³/mol. The number of rotatable bonds is 5. The second-order valence-corrected chi connectivity index (χ2v) is 3.94. The van der Waals surface area contributed by atoms with Crippen LogP contribution in [0.15, 0.2) is 11.1 Å². The normalized spacial score (nSPS) is 10.4. The lowest BCUT2D eigenvalue weighted by Gasteiger charge is -2.04. The molecule has 2 rings (SSSR count). The van der Waals surface area contributed by atoms with Gasteiger partial charge in [-0.15, -0.1) is 6.42 Å². The first-order chi connectivity index (χ1) is 8.76. The van der Waals surface area contributed by atoms with Crippen molar-refractivity contribution in [2.24, 2.45) is 0 Å². The predicted octanol–water partition coefficient (Wildman–Crippen LogP) is 0.965. The summed E-state index contributed by atoms with van der Waals surface area (Å²) in [6.07, 6.45) is 8.89. The van der Waals surface area contributed by atoms with Crippen LogP contribution < -0.4 is 10.9 Å². The van der Waals surface area contributed by atoms with Crippen LogP contribution in [0.25, 0.3) is 11.2 Å². The maximum atomic E-state index is 11.8. The van der Waals surface area contributed by atoms with Gasteiger partial charge in [-0.2, -0.15) is 4.98 Å². The lowest BCUT2D eigenvalue weighted by Crippen LogP contribution is -2.14. The van der Waals surface area contributed by atoms with Gasteiger partial charge < -0.3 is 9.88 Å². The monoisotopic (exact) mass is 245 g/mol. The number of anilines is 1. The number of aromatic amines is 1. The third-order valence-corrected chi connectivity index (χ3v) is 2.59. The maximum Gasteiger partial charge on any atom is 0.280 e. The van der Waals surface area contributed by atoms with Crippen molar-refractivity contribution in [2.45, 2.75) is 26.3 Å². The fraction of sp³-hybridized carbons (Fsp3) is 0.417. The molecular weight excluding hydrogens is 230 g/mol. The second kappa shape index (κ2) is 5.36. The Morgan fingerprint density at radius 2 is 2.44 bits per heavy atom. The zero-order valence-corrected chi connectivity index (χ0v) is 10.2. The van der Waals surface area contributed by atoms with E-state index in [0.717, 1.165) is 19.4 Å². The number of hydrogen-bond acceptors (Lipinski definition) is 4. The van der Waals surface area contributed by atoms with E-state index in [4.69, 9.17) is 6.42 Å². The molecule has 94 valence electrons. The van der Waals surface area contributed by atoms with E-state index in [9.17, 15) is 4.79 Å². The van der Waals surface area contributed by atoms with Crippen LogP contribution in [0.2, 0.25) is 0 Å². The quantitative estimate of drug-likeness (QED) is 0.769. The Morgan fingerprint density at radius 1 is 1.61 bits per heavy atom. The van der Waals surface area contributed by atoms with E-state index in [0.29, 0.717) is 23.7 Å². The van der Waals surface area contributed by atoms with Gasteiger partial charge in [-0.1, -0.05) is 19.3 Å². The van der Waals surface area contributed by atoms with Gasteiger partial charge >= 0.3 is 0 Å². The Hall–Kier alpha value is -2.29. The molecule has 2 heterocycles. The van der Waals surface area contributed by atoms with Gasteiger partial charge in [0.2, 0.25) is 5.95 Å². The van der Waals surface area contributed by atoms with E-state index in [1.54, 1.807) is 6.33 Å². The van der Waals surface area contributed by atoms with E-state index in [-0.39, 0.29) is 5.56 Å². The van der Waals surface area contributed by atoms with Crippen molar-refractivity contribution in [2.75, 3.05) is 11.9 Å². The molecule has 0 aliphatic carbocycles. The van der Waals surface area contributed by atoms with Gasteiger partial charge in [0.05, 0.1) is 12.9 Å². The Bertz CT molecular complexity index is 634. The first-order valence-corrected chi connectivity index (χ1v) is 5.88. The summed E-state index contributed by atoms with van der Waals surface area (Å²) in [5.74, 6) is 2.81. The fourth-order valence-corrected chi connectivity index (χ4v) is 1.66. The van der Waals surface area contributed by atoms with Crippen molar-refractivity contribution >= 4 is 17.1 Å². The van der Waals surface area contributed by atoms with Crippen molar-refractivity contribution < 1.29 is 0 Å². The molecule has 2 aromatic rings. The molecule has 0 saturated heterocycles. The Morgan fingerprint density at radius 3 is 3.17 bits per heavy atom. The summed E-state index contributed by atoms with van der Waals surface area (Å²) in [4.78, 5) is 22.8. The molecule has 0 spiro atoms. The average molecular weight is 245 g/mol. The number of unbranched alkanes of at least 4 members (excludes halogenated alkanes) is 1. The number of fused-ring (bicyclic) bond motifs is 1. The second-order valence-electron chi connectivity index (χ2n) is 3.94. The number of aryl methyl sites for hydroxylation is 1. The van der Waals surface area contributed by atoms with Crippen molar-refractivity contribution in [1.29, 1.82) is 0 Å². The number of aromatic nitrogens is 4. The molecule has 0 amide bonds. The first-order valence-electron chi connectivity index (χ1n) is 5.88. The molecule has 0 radical (unpaired) electrons. The summed E-state index contributed by atoms with van der Waals surface area (Å²) in [6, 6.07) is 0. The number of nitrogens with one attached hydrogen (secondary N) is 2. The molecule has 6 heteroatoms. The lowest BCUT2D eigenvalue weighted by atomic mass is 10.3. The van der Waals surface area contributed by atoms with Crippen molar-refractivity contribution in [3.8, 4) is 12.3 Å². The third kappa shape index (κ3) is 2.35. The molecule has 0 aliphatic heterocycles. The van der Waals surface area contributed by atoms with Crippen molar-refractivity contribution in [3.05, 3.63) is 16.7 Å². The number of nitrogens with zero attached hydrogens (tertiary/aromatic N) is 3. The van der Waals surface area contributed by atoms with Crippen LogP contribution in [-0.4, -0.2) is 26.1 Å². The SMILES string of the molecule is C#CCNc1nc2c(ncn2CCCC)c(=O)[nH]1. The van der Waals surface area contributed by atoms with Crippen LogP contribution in [-0.2, 0) is 6.54 Å².